The predicted molar refractivity (Wildman–Crippen MR) is 112 cm³/mol. The average molecular weight is 400 g/mol. The number of fused-ring (bicyclic) bond motifs is 1. The second-order valence-corrected chi connectivity index (χ2v) is 8.45. The minimum atomic E-state index is -0.150. The Hall–Kier alpha value is -2.21. The van der Waals surface area contributed by atoms with E-state index in [9.17, 15) is 14.4 Å². The van der Waals surface area contributed by atoms with Gasteiger partial charge in [0.2, 0.25) is 17.7 Å². The maximum atomic E-state index is 12.5. The maximum Gasteiger partial charge on any atom is 0.233 e. The summed E-state index contributed by atoms with van der Waals surface area (Å²) < 4.78 is 0. The smallest absolute Gasteiger partial charge is 0.233 e. The highest BCUT2D eigenvalue weighted by Gasteiger charge is 2.47. The quantitative estimate of drug-likeness (QED) is 0.682. The van der Waals surface area contributed by atoms with E-state index < -0.39 is 0 Å². The molecule has 1 aliphatic carbocycles. The molecular weight excluding hydrogens is 366 g/mol. The van der Waals surface area contributed by atoms with E-state index in [2.05, 4.69) is 41.4 Å². The summed E-state index contributed by atoms with van der Waals surface area (Å²) in [4.78, 5) is 40.9. The molecule has 3 atom stereocenters. The van der Waals surface area contributed by atoms with Crippen LogP contribution >= 0.6 is 0 Å². The van der Waals surface area contributed by atoms with Gasteiger partial charge in [0.1, 0.15) is 0 Å². The molecule has 1 aromatic rings. The number of rotatable bonds is 8. The number of benzene rings is 1. The van der Waals surface area contributed by atoms with E-state index in [4.69, 9.17) is 0 Å². The normalized spacial score (nSPS) is 22.7. The van der Waals surface area contributed by atoms with E-state index in [1.165, 1.54) is 10.5 Å². The van der Waals surface area contributed by atoms with Gasteiger partial charge in [0.25, 0.3) is 0 Å². The summed E-state index contributed by atoms with van der Waals surface area (Å²) in [5.74, 6) is -0.575. The minimum Gasteiger partial charge on any atom is -0.354 e. The van der Waals surface area contributed by atoms with E-state index in [1.54, 1.807) is 0 Å². The summed E-state index contributed by atoms with van der Waals surface area (Å²) in [6.07, 6.45) is 4.79. The molecule has 0 unspecified atom stereocenters. The summed E-state index contributed by atoms with van der Waals surface area (Å²) in [6.45, 7) is 2.81. The molecule has 2 fully saturated rings. The van der Waals surface area contributed by atoms with Crippen LogP contribution in [-0.4, -0.2) is 54.7 Å². The molecule has 6 nitrogen and oxygen atoms in total. The Morgan fingerprint density at radius 3 is 2.21 bits per heavy atom. The van der Waals surface area contributed by atoms with E-state index in [0.29, 0.717) is 6.54 Å². The third-order valence-electron chi connectivity index (χ3n) is 6.38. The molecule has 1 aromatic carbocycles. The molecule has 0 radical (unpaired) electrons. The zero-order valence-corrected chi connectivity index (χ0v) is 17.8. The second-order valence-electron chi connectivity index (χ2n) is 8.45. The van der Waals surface area contributed by atoms with Crippen LogP contribution < -0.4 is 5.32 Å². The Kier molecular flexibility index (Phi) is 7.06. The van der Waals surface area contributed by atoms with E-state index in [0.717, 1.165) is 37.7 Å². The molecule has 158 valence electrons. The lowest BCUT2D eigenvalue weighted by Crippen LogP contribution is -2.38. The van der Waals surface area contributed by atoms with Gasteiger partial charge in [-0.25, -0.2) is 0 Å². The fraction of sp³-hybridized carbons (Fsp3) is 0.609. The van der Waals surface area contributed by atoms with Crippen LogP contribution in [0.2, 0.25) is 0 Å². The van der Waals surface area contributed by atoms with Gasteiger partial charge in [-0.05, 0) is 44.5 Å². The zero-order valence-electron chi connectivity index (χ0n) is 17.8. The number of aryl methyl sites for hydroxylation is 1. The van der Waals surface area contributed by atoms with Crippen molar-refractivity contribution in [3.8, 4) is 0 Å². The molecule has 3 rings (SSSR count). The molecule has 3 amide bonds. The molecule has 1 saturated heterocycles. The number of nitrogens with one attached hydrogen (secondary N) is 1. The highest BCUT2D eigenvalue weighted by Crippen LogP contribution is 2.37. The summed E-state index contributed by atoms with van der Waals surface area (Å²) in [7, 11) is 3.99. The van der Waals surface area contributed by atoms with Crippen molar-refractivity contribution in [3.63, 3.8) is 0 Å². The summed E-state index contributed by atoms with van der Waals surface area (Å²) in [5.41, 5.74) is 2.44. The van der Waals surface area contributed by atoms with Gasteiger partial charge in [-0.1, -0.05) is 44.0 Å². The first kappa shape index (κ1) is 21.5. The van der Waals surface area contributed by atoms with Crippen LogP contribution in [0.15, 0.2) is 24.3 Å². The standard InChI is InChI=1S/C23H33N3O3/c1-4-16-9-11-17(12-10-16)20(25(2)3)15-24-21(27)13-14-26-22(28)18-7-5-6-8-19(18)23(26)29/h9-12,18-20H,4-8,13-15H2,1-3H3,(H,24,27)/t18-,19+,20-/m1/s1. The SMILES string of the molecule is CCc1ccc([C@@H](CNC(=O)CCN2C(=O)[C@H]3CCCC[C@H]3C2=O)N(C)C)cc1. The fourth-order valence-corrected chi connectivity index (χ4v) is 4.54. The minimum absolute atomic E-state index is 0.0720. The van der Waals surface area contributed by atoms with Gasteiger partial charge < -0.3 is 10.2 Å². The molecule has 0 aromatic heterocycles. The summed E-state index contributed by atoms with van der Waals surface area (Å²) in [5, 5.41) is 2.98. The Morgan fingerprint density at radius 1 is 1.10 bits per heavy atom. The van der Waals surface area contributed by atoms with Crippen LogP contribution in [0.3, 0.4) is 0 Å². The lowest BCUT2D eigenvalue weighted by atomic mass is 9.81. The van der Waals surface area contributed by atoms with Gasteiger partial charge in [0.15, 0.2) is 0 Å². The maximum absolute atomic E-state index is 12.5. The number of carbonyl (C=O) groups is 3. The van der Waals surface area contributed by atoms with Crippen molar-refractivity contribution in [2.75, 3.05) is 27.2 Å². The first-order valence-corrected chi connectivity index (χ1v) is 10.8. The number of amides is 3. The molecular formula is C23H33N3O3. The molecule has 1 aliphatic heterocycles. The molecule has 6 heteroatoms. The Labute approximate surface area is 173 Å². The summed E-state index contributed by atoms with van der Waals surface area (Å²) in [6, 6.07) is 8.54. The number of hydrogen-bond donors (Lipinski definition) is 1. The fourth-order valence-electron chi connectivity index (χ4n) is 4.54. The number of hydrogen-bond acceptors (Lipinski definition) is 4. The topological polar surface area (TPSA) is 69.7 Å². The lowest BCUT2D eigenvalue weighted by molar-refractivity contribution is -0.140. The number of imide groups is 1. The number of nitrogens with zero attached hydrogens (tertiary/aromatic N) is 2. The molecule has 0 spiro atoms. The van der Waals surface area contributed by atoms with Crippen LogP contribution in [0.4, 0.5) is 0 Å². The van der Waals surface area contributed by atoms with Crippen molar-refractivity contribution in [2.24, 2.45) is 11.8 Å². The second kappa shape index (κ2) is 9.53. The van der Waals surface area contributed by atoms with Gasteiger partial charge in [-0.15, -0.1) is 0 Å². The largest absolute Gasteiger partial charge is 0.354 e. The van der Waals surface area contributed by atoms with E-state index in [-0.39, 0.29) is 48.6 Å². The van der Waals surface area contributed by atoms with Crippen molar-refractivity contribution in [1.82, 2.24) is 15.1 Å². The van der Waals surface area contributed by atoms with Gasteiger partial charge in [0, 0.05) is 19.5 Å². The third kappa shape index (κ3) is 4.86. The molecule has 1 heterocycles. The third-order valence-corrected chi connectivity index (χ3v) is 6.38. The molecule has 1 saturated carbocycles. The summed E-state index contributed by atoms with van der Waals surface area (Å²) >= 11 is 0. The van der Waals surface area contributed by atoms with Gasteiger partial charge in [-0.3, -0.25) is 19.3 Å². The lowest BCUT2D eigenvalue weighted by Gasteiger charge is -2.25. The van der Waals surface area contributed by atoms with Crippen molar-refractivity contribution in [3.05, 3.63) is 35.4 Å². The highest BCUT2D eigenvalue weighted by atomic mass is 16.2. The number of likely N-dealkylation sites (tertiary alicyclic amines) is 1. The molecule has 1 N–H and O–H groups in total. The van der Waals surface area contributed by atoms with Crippen LogP contribution in [0.25, 0.3) is 0 Å². The number of carbonyl (C=O) groups excluding carboxylic acids is 3. The van der Waals surface area contributed by atoms with Crippen molar-refractivity contribution >= 4 is 17.7 Å². The van der Waals surface area contributed by atoms with Crippen LogP contribution in [0, 0.1) is 11.8 Å². The number of likely N-dealkylation sites (N-methyl/N-ethyl adjacent to an activating group) is 1. The van der Waals surface area contributed by atoms with Crippen LogP contribution in [0.1, 0.15) is 56.2 Å². The molecule has 2 aliphatic rings. The van der Waals surface area contributed by atoms with Gasteiger partial charge >= 0.3 is 0 Å². The predicted octanol–water partition coefficient (Wildman–Crippen LogP) is 2.53. The molecule has 29 heavy (non-hydrogen) atoms. The van der Waals surface area contributed by atoms with E-state index in [1.807, 2.05) is 14.1 Å². The first-order valence-electron chi connectivity index (χ1n) is 10.8. The van der Waals surface area contributed by atoms with Crippen molar-refractivity contribution < 1.29 is 14.4 Å². The Bertz CT molecular complexity index is 720. The monoisotopic (exact) mass is 399 g/mol. The Balaban J connectivity index is 1.51. The zero-order chi connectivity index (χ0) is 21.0. The van der Waals surface area contributed by atoms with Crippen molar-refractivity contribution in [1.29, 1.82) is 0 Å². The first-order chi connectivity index (χ1) is 13.9. The molecule has 0 bridgehead atoms. The van der Waals surface area contributed by atoms with Crippen molar-refractivity contribution in [2.45, 2.75) is 51.5 Å². The average Bonchev–Trinajstić information content (AvgIpc) is 2.97. The van der Waals surface area contributed by atoms with E-state index >= 15 is 0 Å². The van der Waals surface area contributed by atoms with Gasteiger partial charge in [-0.2, -0.15) is 0 Å². The van der Waals surface area contributed by atoms with Crippen LogP contribution in [-0.2, 0) is 20.8 Å². The highest BCUT2D eigenvalue weighted by molar-refractivity contribution is 6.05. The Morgan fingerprint density at radius 2 is 1.69 bits per heavy atom. The van der Waals surface area contributed by atoms with Gasteiger partial charge in [0.05, 0.1) is 17.9 Å². The van der Waals surface area contributed by atoms with Crippen LogP contribution in [0.5, 0.6) is 0 Å².